The van der Waals surface area contributed by atoms with E-state index in [0.29, 0.717) is 0 Å². The molecule has 1 atom stereocenters. The molecular weight excluding hydrogens is 460 g/mol. The Bertz CT molecular complexity index is 1620. The second-order valence-electron chi connectivity index (χ2n) is 9.48. The molecule has 4 N–H and O–H groups in total. The Hall–Kier alpha value is -4.62. The van der Waals surface area contributed by atoms with E-state index in [1.807, 2.05) is 91.8 Å². The standard InChI is InChI=1S/C30H28N6O/c1-30(19-37)31-27-14-8-13-23-25(16-18-28(32-30)29(23)27)34-33-24-15-17-26(22-12-7-6-11-21(22)24)35-36(2)20-9-4-3-5-10-20/h3-18,31-32,35,37H,19H2,1-2H3. The highest BCUT2D eigenvalue weighted by Gasteiger charge is 2.29. The average Bonchev–Trinajstić information content (AvgIpc) is 2.94. The number of anilines is 4. The molecule has 0 amide bonds. The predicted molar refractivity (Wildman–Crippen MR) is 153 cm³/mol. The van der Waals surface area contributed by atoms with Gasteiger partial charge in [0.25, 0.3) is 0 Å². The Morgan fingerprint density at radius 1 is 0.730 bits per heavy atom. The number of hydrazine groups is 1. The van der Waals surface area contributed by atoms with Gasteiger partial charge in [-0.1, -0.05) is 54.6 Å². The Morgan fingerprint density at radius 3 is 2.11 bits per heavy atom. The number of nitrogens with zero attached hydrogens (tertiary/aromatic N) is 3. The lowest BCUT2D eigenvalue weighted by molar-refractivity contribution is 0.238. The molecule has 1 aliphatic rings. The molecule has 1 unspecified atom stereocenters. The number of hydrogen-bond acceptors (Lipinski definition) is 7. The van der Waals surface area contributed by atoms with Crippen LogP contribution in [0.5, 0.6) is 0 Å². The Morgan fingerprint density at radius 2 is 1.35 bits per heavy atom. The maximum absolute atomic E-state index is 9.84. The second kappa shape index (κ2) is 9.11. The molecule has 7 heteroatoms. The van der Waals surface area contributed by atoms with E-state index in [1.54, 1.807) is 0 Å². The molecule has 0 aromatic heterocycles. The van der Waals surface area contributed by atoms with Gasteiger partial charge in [0.05, 0.1) is 29.4 Å². The number of aliphatic hydroxyl groups is 1. The van der Waals surface area contributed by atoms with Crippen LogP contribution in [0.25, 0.3) is 21.5 Å². The molecule has 37 heavy (non-hydrogen) atoms. The second-order valence-corrected chi connectivity index (χ2v) is 9.48. The van der Waals surface area contributed by atoms with Crippen molar-refractivity contribution < 1.29 is 5.11 Å². The molecule has 6 rings (SSSR count). The first-order valence-corrected chi connectivity index (χ1v) is 12.3. The van der Waals surface area contributed by atoms with Crippen molar-refractivity contribution in [3.8, 4) is 0 Å². The zero-order valence-corrected chi connectivity index (χ0v) is 20.7. The fourth-order valence-electron chi connectivity index (χ4n) is 4.86. The van der Waals surface area contributed by atoms with E-state index in [4.69, 9.17) is 0 Å². The van der Waals surface area contributed by atoms with Gasteiger partial charge in [0.1, 0.15) is 5.66 Å². The topological polar surface area (TPSA) is 84.3 Å². The van der Waals surface area contributed by atoms with Crippen LogP contribution >= 0.6 is 0 Å². The lowest BCUT2D eigenvalue weighted by Gasteiger charge is -2.37. The molecule has 0 radical (unpaired) electrons. The Balaban J connectivity index is 1.35. The molecule has 5 aromatic rings. The van der Waals surface area contributed by atoms with Gasteiger partial charge in [-0.05, 0) is 49.4 Å². The van der Waals surface area contributed by atoms with E-state index >= 15 is 0 Å². The summed E-state index contributed by atoms with van der Waals surface area (Å²) in [7, 11) is 2.00. The van der Waals surface area contributed by atoms with Crippen molar-refractivity contribution in [2.75, 3.05) is 34.7 Å². The molecule has 0 bridgehead atoms. The largest absolute Gasteiger partial charge is 0.392 e. The Labute approximate surface area is 215 Å². The molecule has 0 saturated carbocycles. The first kappa shape index (κ1) is 22.8. The van der Waals surface area contributed by atoms with Crippen LogP contribution in [0.4, 0.5) is 34.1 Å². The molecular formula is C30H28N6O. The molecule has 0 fully saturated rings. The molecule has 1 aliphatic heterocycles. The summed E-state index contributed by atoms with van der Waals surface area (Å²) in [5.74, 6) is 0. The predicted octanol–water partition coefficient (Wildman–Crippen LogP) is 7.42. The number of para-hydroxylation sites is 1. The minimum absolute atomic E-state index is 0.0383. The van der Waals surface area contributed by atoms with Crippen LogP contribution in [-0.2, 0) is 0 Å². The fraction of sp³-hybridized carbons (Fsp3) is 0.133. The van der Waals surface area contributed by atoms with E-state index < -0.39 is 5.66 Å². The number of aliphatic hydroxyl groups excluding tert-OH is 1. The fourth-order valence-corrected chi connectivity index (χ4v) is 4.86. The van der Waals surface area contributed by atoms with Gasteiger partial charge in [0, 0.05) is 40.0 Å². The summed E-state index contributed by atoms with van der Waals surface area (Å²) in [6.07, 6.45) is 0. The van der Waals surface area contributed by atoms with Gasteiger partial charge in [-0.15, -0.1) is 10.2 Å². The summed E-state index contributed by atoms with van der Waals surface area (Å²) in [5.41, 5.74) is 8.44. The van der Waals surface area contributed by atoms with Gasteiger partial charge in [-0.25, -0.2) is 0 Å². The number of fused-ring (bicyclic) bond motifs is 1. The number of azo groups is 1. The van der Waals surface area contributed by atoms with Crippen molar-refractivity contribution in [1.82, 2.24) is 0 Å². The van der Waals surface area contributed by atoms with Crippen LogP contribution in [0.15, 0.2) is 107 Å². The van der Waals surface area contributed by atoms with Crippen LogP contribution in [0.3, 0.4) is 0 Å². The smallest absolute Gasteiger partial charge is 0.129 e. The van der Waals surface area contributed by atoms with Crippen LogP contribution in [0, 0.1) is 0 Å². The maximum atomic E-state index is 9.84. The Kier molecular flexibility index (Phi) is 5.62. The normalized spacial score (nSPS) is 16.5. The molecule has 5 aromatic carbocycles. The molecule has 0 saturated heterocycles. The van der Waals surface area contributed by atoms with Crippen LogP contribution in [-0.4, -0.2) is 24.4 Å². The van der Waals surface area contributed by atoms with Crippen molar-refractivity contribution in [3.05, 3.63) is 97.1 Å². The van der Waals surface area contributed by atoms with Gasteiger partial charge in [0.2, 0.25) is 0 Å². The van der Waals surface area contributed by atoms with Gasteiger partial charge in [-0.3, -0.25) is 10.4 Å². The third-order valence-electron chi connectivity index (χ3n) is 6.75. The average molecular weight is 489 g/mol. The summed E-state index contributed by atoms with van der Waals surface area (Å²) in [4.78, 5) is 0. The highest BCUT2D eigenvalue weighted by Crippen LogP contribution is 2.42. The number of rotatable bonds is 6. The van der Waals surface area contributed by atoms with Crippen molar-refractivity contribution in [3.63, 3.8) is 0 Å². The summed E-state index contributed by atoms with van der Waals surface area (Å²) in [5, 5.41) is 32.1. The van der Waals surface area contributed by atoms with Crippen LogP contribution < -0.4 is 21.1 Å². The minimum Gasteiger partial charge on any atom is -0.392 e. The first-order chi connectivity index (χ1) is 18.0. The van der Waals surface area contributed by atoms with Crippen molar-refractivity contribution in [2.45, 2.75) is 12.6 Å². The third-order valence-corrected chi connectivity index (χ3v) is 6.75. The van der Waals surface area contributed by atoms with Crippen molar-refractivity contribution >= 4 is 55.7 Å². The molecule has 1 heterocycles. The number of benzene rings is 5. The van der Waals surface area contributed by atoms with E-state index in [1.165, 1.54) is 0 Å². The lowest BCUT2D eigenvalue weighted by atomic mass is 9.99. The summed E-state index contributed by atoms with van der Waals surface area (Å²) in [6, 6.07) is 32.5. The van der Waals surface area contributed by atoms with E-state index in [0.717, 1.165) is 55.7 Å². The van der Waals surface area contributed by atoms with E-state index in [2.05, 4.69) is 50.6 Å². The van der Waals surface area contributed by atoms with E-state index in [9.17, 15) is 5.11 Å². The summed E-state index contributed by atoms with van der Waals surface area (Å²) >= 11 is 0. The molecule has 7 nitrogen and oxygen atoms in total. The molecule has 184 valence electrons. The molecule has 0 spiro atoms. The number of nitrogens with one attached hydrogen (secondary N) is 3. The number of hydrogen-bond donors (Lipinski definition) is 4. The van der Waals surface area contributed by atoms with Crippen LogP contribution in [0.2, 0.25) is 0 Å². The van der Waals surface area contributed by atoms with Gasteiger partial charge < -0.3 is 15.7 Å². The minimum atomic E-state index is -0.617. The van der Waals surface area contributed by atoms with Gasteiger partial charge >= 0.3 is 0 Å². The maximum Gasteiger partial charge on any atom is 0.129 e. The highest BCUT2D eigenvalue weighted by atomic mass is 16.3. The zero-order chi connectivity index (χ0) is 25.4. The first-order valence-electron chi connectivity index (χ1n) is 12.3. The highest BCUT2D eigenvalue weighted by molar-refractivity contribution is 6.09. The molecule has 0 aliphatic carbocycles. The quantitative estimate of drug-likeness (QED) is 0.148. The van der Waals surface area contributed by atoms with Crippen molar-refractivity contribution in [2.24, 2.45) is 10.2 Å². The van der Waals surface area contributed by atoms with E-state index in [-0.39, 0.29) is 6.61 Å². The van der Waals surface area contributed by atoms with Gasteiger partial charge in [-0.2, -0.15) is 0 Å². The monoisotopic (exact) mass is 488 g/mol. The third kappa shape index (κ3) is 4.19. The van der Waals surface area contributed by atoms with Crippen molar-refractivity contribution in [1.29, 1.82) is 0 Å². The summed E-state index contributed by atoms with van der Waals surface area (Å²) in [6.45, 7) is 1.90. The zero-order valence-electron chi connectivity index (χ0n) is 20.7. The van der Waals surface area contributed by atoms with Crippen LogP contribution in [0.1, 0.15) is 6.92 Å². The van der Waals surface area contributed by atoms with Gasteiger partial charge in [0.15, 0.2) is 0 Å². The SMILES string of the molecule is CN(Nc1ccc(N=Nc2ccc3c4c(cccc24)NC(C)(CO)N3)c2ccccc12)c1ccccc1. The summed E-state index contributed by atoms with van der Waals surface area (Å²) < 4.78 is 0. The lowest BCUT2D eigenvalue weighted by Crippen LogP contribution is -2.48.